The molecule has 0 aliphatic carbocycles. The number of carboxylic acid groups (broad SMARTS) is 1. The van der Waals surface area contributed by atoms with Gasteiger partial charge in [0.1, 0.15) is 16.8 Å². The number of hydrogen-bond acceptors (Lipinski definition) is 7. The second-order valence-electron chi connectivity index (χ2n) is 11.7. The number of aromatic nitrogens is 1. The van der Waals surface area contributed by atoms with Gasteiger partial charge in [-0.15, -0.1) is 11.3 Å². The molecular weight excluding hydrogens is 552 g/mol. The summed E-state index contributed by atoms with van der Waals surface area (Å²) in [5, 5.41) is 14.9. The Morgan fingerprint density at radius 2 is 1.76 bits per heavy atom. The molecule has 4 N–H and O–H groups in total. The van der Waals surface area contributed by atoms with E-state index in [1.807, 2.05) is 51.1 Å². The van der Waals surface area contributed by atoms with Gasteiger partial charge in [-0.1, -0.05) is 78.3 Å². The summed E-state index contributed by atoms with van der Waals surface area (Å²) in [4.78, 5) is 44.5. The van der Waals surface area contributed by atoms with Crippen LogP contribution in [0.2, 0.25) is 0 Å². The minimum atomic E-state index is -0.901. The third-order valence-corrected chi connectivity index (χ3v) is 8.82. The Bertz CT molecular complexity index is 1130. The fourth-order valence-corrected chi connectivity index (χ4v) is 5.77. The van der Waals surface area contributed by atoms with E-state index in [1.165, 1.54) is 11.3 Å². The van der Waals surface area contributed by atoms with E-state index in [9.17, 15) is 19.5 Å². The zero-order valence-corrected chi connectivity index (χ0v) is 27.0. The van der Waals surface area contributed by atoms with Crippen molar-refractivity contribution in [2.24, 2.45) is 23.5 Å². The summed E-state index contributed by atoms with van der Waals surface area (Å²) in [6, 6.07) is 8.61. The largest absolute Gasteiger partial charge is 0.481 e. The van der Waals surface area contributed by atoms with Gasteiger partial charge in [-0.3, -0.25) is 14.4 Å². The average molecular weight is 603 g/mol. The highest BCUT2D eigenvalue weighted by molar-refractivity contribution is 7.09. The van der Waals surface area contributed by atoms with Gasteiger partial charge in [-0.25, -0.2) is 4.98 Å². The van der Waals surface area contributed by atoms with Crippen LogP contribution >= 0.6 is 11.3 Å². The van der Waals surface area contributed by atoms with Crippen molar-refractivity contribution >= 4 is 29.1 Å². The Morgan fingerprint density at radius 3 is 2.33 bits per heavy atom. The molecule has 0 aliphatic heterocycles. The topological polar surface area (TPSA) is 135 Å². The molecule has 0 fully saturated rings. The number of carboxylic acids is 1. The van der Waals surface area contributed by atoms with Crippen LogP contribution in [0.15, 0.2) is 35.7 Å². The van der Waals surface area contributed by atoms with E-state index in [4.69, 9.17) is 10.5 Å². The number of nitrogens with two attached hydrogens (primary N) is 1. The maximum atomic E-state index is 13.3. The second-order valence-corrected chi connectivity index (χ2v) is 12.6. The third-order valence-electron chi connectivity index (χ3n) is 7.89. The molecule has 9 nitrogen and oxygen atoms in total. The van der Waals surface area contributed by atoms with Crippen LogP contribution < -0.4 is 11.1 Å². The van der Waals surface area contributed by atoms with Gasteiger partial charge in [0.25, 0.3) is 5.91 Å². The van der Waals surface area contributed by atoms with Crippen LogP contribution in [0.4, 0.5) is 0 Å². The fraction of sp³-hybridized carbons (Fsp3) is 0.625. The highest BCUT2D eigenvalue weighted by Gasteiger charge is 2.33. The van der Waals surface area contributed by atoms with Crippen molar-refractivity contribution < 1.29 is 24.2 Å². The summed E-state index contributed by atoms with van der Waals surface area (Å²) in [6.45, 7) is 12.4. The number of thiazole rings is 1. The van der Waals surface area contributed by atoms with E-state index in [0.29, 0.717) is 30.9 Å². The summed E-state index contributed by atoms with van der Waals surface area (Å²) < 4.78 is 6.23. The van der Waals surface area contributed by atoms with Crippen LogP contribution in [-0.2, 0) is 20.7 Å². The van der Waals surface area contributed by atoms with Crippen LogP contribution in [0, 0.1) is 17.8 Å². The molecule has 10 heteroatoms. The Hall–Kier alpha value is -2.82. The fourth-order valence-electron chi connectivity index (χ4n) is 4.91. The van der Waals surface area contributed by atoms with Crippen molar-refractivity contribution in [1.82, 2.24) is 15.2 Å². The van der Waals surface area contributed by atoms with Crippen LogP contribution in [0.1, 0.15) is 94.4 Å². The van der Waals surface area contributed by atoms with Crippen molar-refractivity contribution in [3.8, 4) is 0 Å². The Morgan fingerprint density at radius 1 is 1.10 bits per heavy atom. The summed E-state index contributed by atoms with van der Waals surface area (Å²) in [7, 11) is 1.80. The number of aliphatic carboxylic acids is 1. The van der Waals surface area contributed by atoms with Gasteiger partial charge in [0.2, 0.25) is 5.91 Å². The van der Waals surface area contributed by atoms with Crippen molar-refractivity contribution in [3.05, 3.63) is 52.0 Å². The Balaban J connectivity index is 2.24. The molecule has 2 aromatic rings. The predicted octanol–water partition coefficient (Wildman–Crippen LogP) is 5.31. The van der Waals surface area contributed by atoms with E-state index < -0.39 is 24.0 Å². The molecular formula is C32H50N4O5S. The van der Waals surface area contributed by atoms with Gasteiger partial charge in [0.15, 0.2) is 0 Å². The molecule has 6 unspecified atom stereocenters. The van der Waals surface area contributed by atoms with E-state index in [2.05, 4.69) is 24.1 Å². The molecule has 0 radical (unpaired) electrons. The Kier molecular flexibility index (Phi) is 14.6. The zero-order valence-electron chi connectivity index (χ0n) is 26.2. The predicted molar refractivity (Wildman–Crippen MR) is 167 cm³/mol. The molecule has 1 heterocycles. The van der Waals surface area contributed by atoms with Crippen LogP contribution in [-0.4, -0.2) is 64.6 Å². The molecule has 0 saturated carbocycles. The number of hydrogen-bond donors (Lipinski definition) is 3. The number of benzene rings is 1. The average Bonchev–Trinajstić information content (AvgIpc) is 3.46. The first-order valence-corrected chi connectivity index (χ1v) is 15.9. The van der Waals surface area contributed by atoms with Gasteiger partial charge in [-0.2, -0.15) is 0 Å². The third kappa shape index (κ3) is 10.5. The Labute approximate surface area is 255 Å². The lowest BCUT2D eigenvalue weighted by Crippen LogP contribution is -2.51. The first-order valence-electron chi connectivity index (χ1n) is 15.1. The first kappa shape index (κ1) is 35.4. The molecule has 42 heavy (non-hydrogen) atoms. The van der Waals surface area contributed by atoms with Crippen LogP contribution in [0.3, 0.4) is 0 Å². The smallest absolute Gasteiger partial charge is 0.306 e. The number of nitrogens with zero attached hydrogens (tertiary/aromatic N) is 2. The van der Waals surface area contributed by atoms with Gasteiger partial charge >= 0.3 is 5.97 Å². The van der Waals surface area contributed by atoms with E-state index >= 15 is 0 Å². The lowest BCUT2D eigenvalue weighted by Gasteiger charge is -2.36. The van der Waals surface area contributed by atoms with Crippen LogP contribution in [0.25, 0.3) is 0 Å². The monoisotopic (exact) mass is 602 g/mol. The molecule has 1 aromatic heterocycles. The lowest BCUT2D eigenvalue weighted by atomic mass is 9.93. The molecule has 2 amide bonds. The number of rotatable bonds is 18. The van der Waals surface area contributed by atoms with E-state index in [0.717, 1.165) is 18.4 Å². The molecule has 1 aromatic carbocycles. The molecule has 6 atom stereocenters. The lowest BCUT2D eigenvalue weighted by molar-refractivity contribution is -0.141. The van der Waals surface area contributed by atoms with Gasteiger partial charge in [0.05, 0.1) is 12.0 Å². The molecule has 0 saturated heterocycles. The number of ether oxygens (including phenoxy) is 1. The quantitative estimate of drug-likeness (QED) is 0.210. The van der Waals surface area contributed by atoms with E-state index in [-0.39, 0.29) is 41.4 Å². The number of carbonyl (C=O) groups is 3. The van der Waals surface area contributed by atoms with Crippen molar-refractivity contribution in [3.63, 3.8) is 0 Å². The normalized spacial score (nSPS) is 15.8. The maximum absolute atomic E-state index is 13.3. The highest BCUT2D eigenvalue weighted by Crippen LogP contribution is 2.31. The second kappa shape index (κ2) is 17.3. The molecule has 0 spiro atoms. The number of nitrogens with one attached hydrogen (secondary N) is 1. The van der Waals surface area contributed by atoms with Crippen LogP contribution in [0.5, 0.6) is 0 Å². The minimum Gasteiger partial charge on any atom is -0.481 e. The number of carbonyl (C=O) groups excluding carboxylic acids is 2. The highest BCUT2D eigenvalue weighted by atomic mass is 32.1. The maximum Gasteiger partial charge on any atom is 0.306 e. The molecule has 0 aliphatic rings. The van der Waals surface area contributed by atoms with Crippen molar-refractivity contribution in [1.29, 1.82) is 0 Å². The zero-order chi connectivity index (χ0) is 31.4. The standard InChI is InChI=1S/C32H50N4O5S/c1-8-15-41-27(18-26(20(3)4)36(7)31(38)28(33)21(5)9-2)30-35-25(19-42-30)29(37)34-24(16-22(6)32(39)40)17-23-13-11-10-12-14-23/h10-14,19-22,24,26-28H,8-9,15-18,33H2,1-7H3,(H,34,37)(H,39,40). The minimum absolute atomic E-state index is 0.0733. The number of amides is 2. The van der Waals surface area contributed by atoms with Gasteiger partial charge in [0, 0.05) is 37.5 Å². The first-order chi connectivity index (χ1) is 19.9. The van der Waals surface area contributed by atoms with Gasteiger partial charge in [-0.05, 0) is 36.7 Å². The SMILES string of the molecule is CCCOC(CC(C(C)C)N(C)C(=O)C(N)C(C)CC)c1nc(C(=O)NC(Cc2ccccc2)CC(C)C(=O)O)cs1. The summed E-state index contributed by atoms with van der Waals surface area (Å²) in [6.07, 6.45) is 2.57. The summed E-state index contributed by atoms with van der Waals surface area (Å²) in [5.74, 6) is -1.73. The summed E-state index contributed by atoms with van der Waals surface area (Å²) in [5.41, 5.74) is 7.58. The molecule has 0 bridgehead atoms. The molecule has 234 valence electrons. The van der Waals surface area contributed by atoms with Crippen molar-refractivity contribution in [2.75, 3.05) is 13.7 Å². The summed E-state index contributed by atoms with van der Waals surface area (Å²) >= 11 is 1.36. The van der Waals surface area contributed by atoms with Gasteiger partial charge < -0.3 is 25.8 Å². The van der Waals surface area contributed by atoms with Crippen molar-refractivity contribution in [2.45, 2.75) is 97.9 Å². The molecule has 2 rings (SSSR count). The van der Waals surface area contributed by atoms with E-state index in [1.54, 1.807) is 24.3 Å². The number of likely N-dealkylation sites (N-methyl/N-ethyl adjacent to an activating group) is 1.